The molecule has 4 aromatic rings. The van der Waals surface area contributed by atoms with Gasteiger partial charge < -0.3 is 10.6 Å². The molecule has 7 nitrogen and oxygen atoms in total. The van der Waals surface area contributed by atoms with Gasteiger partial charge in [-0.1, -0.05) is 17.3 Å². The maximum atomic E-state index is 13.5. The minimum Gasteiger partial charge on any atom is -0.365 e. The Balaban J connectivity index is 1.64. The summed E-state index contributed by atoms with van der Waals surface area (Å²) in [5.41, 5.74) is 7.82. The normalized spacial score (nSPS) is 10.8. The molecule has 9 heteroatoms. The van der Waals surface area contributed by atoms with Crippen molar-refractivity contribution in [2.75, 3.05) is 4.90 Å². The summed E-state index contributed by atoms with van der Waals surface area (Å²) in [5, 5.41) is 8.31. The molecule has 2 N–H and O–H groups in total. The zero-order valence-corrected chi connectivity index (χ0v) is 16.3. The quantitative estimate of drug-likeness (QED) is 0.495. The molecule has 4 rings (SSSR count). The Morgan fingerprint density at radius 3 is 2.35 bits per heavy atom. The molecule has 0 aliphatic rings. The second-order valence-electron chi connectivity index (χ2n) is 6.84. The highest BCUT2D eigenvalue weighted by Gasteiger charge is 2.19. The molecule has 0 saturated carbocycles. The molecule has 0 atom stereocenters. The van der Waals surface area contributed by atoms with E-state index in [1.165, 1.54) is 24.3 Å². The molecule has 31 heavy (non-hydrogen) atoms. The summed E-state index contributed by atoms with van der Waals surface area (Å²) in [6, 6.07) is 15.1. The van der Waals surface area contributed by atoms with Crippen LogP contribution in [-0.4, -0.2) is 25.9 Å². The maximum absolute atomic E-state index is 13.5. The number of halogens is 2. The molecule has 0 radical (unpaired) electrons. The van der Waals surface area contributed by atoms with Crippen molar-refractivity contribution in [3.63, 3.8) is 0 Å². The number of aromatic nitrogens is 4. The highest BCUT2D eigenvalue weighted by molar-refractivity contribution is 5.98. The van der Waals surface area contributed by atoms with Crippen LogP contribution in [0.4, 0.5) is 20.3 Å². The molecule has 1 amide bonds. The number of nitrogens with zero attached hydrogens (tertiary/aromatic N) is 5. The van der Waals surface area contributed by atoms with E-state index in [4.69, 9.17) is 5.73 Å². The van der Waals surface area contributed by atoms with Crippen LogP contribution in [0.3, 0.4) is 0 Å². The standard InChI is InChI=1S/C22H18F2N6O/c23-16-5-3-15(4-6-16)12-29-13-18(27-28-29)14-30(19-9-7-17(24)8-10-19)22-20(21(25)31)2-1-11-26-22/h1-11,13H,12,14H2,(H2,25,31). The van der Waals surface area contributed by atoms with Gasteiger partial charge in [-0.05, 0) is 54.1 Å². The van der Waals surface area contributed by atoms with E-state index < -0.39 is 5.91 Å². The average molecular weight is 420 g/mol. The number of anilines is 2. The predicted molar refractivity (Wildman–Crippen MR) is 111 cm³/mol. The number of carbonyl (C=O) groups excluding carboxylic acids is 1. The number of amides is 1. The molecule has 0 unspecified atom stereocenters. The Morgan fingerprint density at radius 1 is 1.00 bits per heavy atom. The Labute approximate surface area is 176 Å². The van der Waals surface area contributed by atoms with Crippen LogP contribution in [0.15, 0.2) is 73.1 Å². The smallest absolute Gasteiger partial charge is 0.252 e. The van der Waals surface area contributed by atoms with Crippen molar-refractivity contribution >= 4 is 17.4 Å². The summed E-state index contributed by atoms with van der Waals surface area (Å²) < 4.78 is 28.2. The Bertz CT molecular complexity index is 1190. The monoisotopic (exact) mass is 420 g/mol. The topological polar surface area (TPSA) is 89.9 Å². The van der Waals surface area contributed by atoms with Crippen molar-refractivity contribution in [2.45, 2.75) is 13.1 Å². The van der Waals surface area contributed by atoms with E-state index in [1.54, 1.807) is 58.4 Å². The van der Waals surface area contributed by atoms with Crippen LogP contribution in [-0.2, 0) is 13.1 Å². The molecule has 2 aromatic carbocycles. The van der Waals surface area contributed by atoms with Gasteiger partial charge in [-0.25, -0.2) is 18.4 Å². The minimum atomic E-state index is -0.629. The average Bonchev–Trinajstić information content (AvgIpc) is 3.21. The van der Waals surface area contributed by atoms with Gasteiger partial charge in [0, 0.05) is 11.9 Å². The third kappa shape index (κ3) is 4.72. The molecule has 2 heterocycles. The summed E-state index contributed by atoms with van der Waals surface area (Å²) in [4.78, 5) is 18.0. The molecule has 0 saturated heterocycles. The van der Waals surface area contributed by atoms with E-state index >= 15 is 0 Å². The lowest BCUT2D eigenvalue weighted by molar-refractivity contribution is 0.100. The first-order valence-corrected chi connectivity index (χ1v) is 9.41. The lowest BCUT2D eigenvalue weighted by Gasteiger charge is -2.24. The van der Waals surface area contributed by atoms with E-state index in [-0.39, 0.29) is 23.7 Å². The molecular formula is C22H18F2N6O. The van der Waals surface area contributed by atoms with Gasteiger partial charge in [0.05, 0.1) is 24.8 Å². The number of pyridine rings is 1. The van der Waals surface area contributed by atoms with E-state index in [0.29, 0.717) is 23.7 Å². The lowest BCUT2D eigenvalue weighted by Crippen LogP contribution is -2.23. The van der Waals surface area contributed by atoms with Crippen LogP contribution in [0.2, 0.25) is 0 Å². The highest BCUT2D eigenvalue weighted by Crippen LogP contribution is 2.28. The summed E-state index contributed by atoms with van der Waals surface area (Å²) in [7, 11) is 0. The predicted octanol–water partition coefficient (Wildman–Crippen LogP) is 3.44. The van der Waals surface area contributed by atoms with Crippen LogP contribution in [0.25, 0.3) is 0 Å². The molecule has 2 aromatic heterocycles. The number of nitrogens with two attached hydrogens (primary N) is 1. The summed E-state index contributed by atoms with van der Waals surface area (Å²) in [5.74, 6) is -0.992. The third-order valence-electron chi connectivity index (χ3n) is 4.61. The number of rotatable bonds is 7. The van der Waals surface area contributed by atoms with Crippen molar-refractivity contribution in [2.24, 2.45) is 5.73 Å². The van der Waals surface area contributed by atoms with Gasteiger partial charge in [-0.3, -0.25) is 4.79 Å². The fourth-order valence-corrected chi connectivity index (χ4v) is 3.14. The van der Waals surface area contributed by atoms with Crippen LogP contribution in [0, 0.1) is 11.6 Å². The largest absolute Gasteiger partial charge is 0.365 e. The van der Waals surface area contributed by atoms with Crippen molar-refractivity contribution in [3.05, 3.63) is 102 Å². The zero-order chi connectivity index (χ0) is 21.8. The third-order valence-corrected chi connectivity index (χ3v) is 4.61. The molecule has 0 spiro atoms. The second kappa shape index (κ2) is 8.70. The summed E-state index contributed by atoms with van der Waals surface area (Å²) in [6.07, 6.45) is 3.29. The molecule has 0 bridgehead atoms. The maximum Gasteiger partial charge on any atom is 0.252 e. The van der Waals surface area contributed by atoms with Crippen molar-refractivity contribution in [1.29, 1.82) is 0 Å². The van der Waals surface area contributed by atoms with Gasteiger partial charge in [-0.2, -0.15) is 0 Å². The minimum absolute atomic E-state index is 0.215. The highest BCUT2D eigenvalue weighted by atomic mass is 19.1. The molecule has 156 valence electrons. The number of carbonyl (C=O) groups is 1. The van der Waals surface area contributed by atoms with Crippen LogP contribution >= 0.6 is 0 Å². The number of hydrogen-bond donors (Lipinski definition) is 1. The molecular weight excluding hydrogens is 402 g/mol. The van der Waals surface area contributed by atoms with Crippen LogP contribution in [0.5, 0.6) is 0 Å². The lowest BCUT2D eigenvalue weighted by atomic mass is 10.2. The molecule has 0 aliphatic heterocycles. The number of hydrogen-bond acceptors (Lipinski definition) is 5. The second-order valence-corrected chi connectivity index (χ2v) is 6.84. The van der Waals surface area contributed by atoms with Gasteiger partial charge in [-0.15, -0.1) is 5.10 Å². The van der Waals surface area contributed by atoms with Gasteiger partial charge in [0.2, 0.25) is 0 Å². The van der Waals surface area contributed by atoms with Crippen LogP contribution in [0.1, 0.15) is 21.6 Å². The SMILES string of the molecule is NC(=O)c1cccnc1N(Cc1cn(Cc2ccc(F)cc2)nn1)c1ccc(F)cc1. The number of benzene rings is 2. The van der Waals surface area contributed by atoms with Gasteiger partial charge in [0.1, 0.15) is 23.1 Å². The molecule has 0 aliphatic carbocycles. The van der Waals surface area contributed by atoms with Gasteiger partial charge in [0.15, 0.2) is 0 Å². The first-order chi connectivity index (χ1) is 15.0. The Hall–Kier alpha value is -4.14. The zero-order valence-electron chi connectivity index (χ0n) is 16.3. The van der Waals surface area contributed by atoms with Crippen molar-refractivity contribution < 1.29 is 13.6 Å². The van der Waals surface area contributed by atoms with E-state index in [0.717, 1.165) is 5.56 Å². The first kappa shape index (κ1) is 20.1. The van der Waals surface area contributed by atoms with Gasteiger partial charge in [0.25, 0.3) is 5.91 Å². The van der Waals surface area contributed by atoms with Crippen molar-refractivity contribution in [3.8, 4) is 0 Å². The van der Waals surface area contributed by atoms with Crippen molar-refractivity contribution in [1.82, 2.24) is 20.0 Å². The fraction of sp³-hybridized carbons (Fsp3) is 0.0909. The van der Waals surface area contributed by atoms with Gasteiger partial charge >= 0.3 is 0 Å². The number of primary amides is 1. The summed E-state index contributed by atoms with van der Waals surface area (Å²) >= 11 is 0. The first-order valence-electron chi connectivity index (χ1n) is 9.41. The fourth-order valence-electron chi connectivity index (χ4n) is 3.14. The van der Waals surface area contributed by atoms with Crippen LogP contribution < -0.4 is 10.6 Å². The van der Waals surface area contributed by atoms with E-state index in [9.17, 15) is 13.6 Å². The van der Waals surface area contributed by atoms with E-state index in [2.05, 4.69) is 15.3 Å². The Kier molecular flexibility index (Phi) is 5.65. The Morgan fingerprint density at radius 2 is 1.68 bits per heavy atom. The molecule has 0 fully saturated rings. The van der Waals surface area contributed by atoms with E-state index in [1.807, 2.05) is 0 Å². The summed E-state index contributed by atoms with van der Waals surface area (Å²) in [6.45, 7) is 0.631.